The van der Waals surface area contributed by atoms with Gasteiger partial charge in [0, 0.05) is 5.56 Å². The highest BCUT2D eigenvalue weighted by atomic mass is 16.5. The van der Waals surface area contributed by atoms with Gasteiger partial charge in [0.2, 0.25) is 0 Å². The summed E-state index contributed by atoms with van der Waals surface area (Å²) >= 11 is 0. The zero-order valence-corrected chi connectivity index (χ0v) is 12.0. The van der Waals surface area contributed by atoms with Crippen LogP contribution in [0.25, 0.3) is 0 Å². The van der Waals surface area contributed by atoms with Crippen LogP contribution in [0.4, 0.5) is 0 Å². The molecule has 2 rings (SSSR count). The maximum Gasteiger partial charge on any atom is 0.309 e. The van der Waals surface area contributed by atoms with Crippen LogP contribution in [0.5, 0.6) is 0 Å². The average molecular weight is 258 g/mol. The van der Waals surface area contributed by atoms with Crippen molar-refractivity contribution in [2.45, 2.75) is 40.0 Å². The zero-order chi connectivity index (χ0) is 14.3. The Morgan fingerprint density at radius 1 is 1.42 bits per heavy atom. The molecule has 0 fully saturated rings. The van der Waals surface area contributed by atoms with Gasteiger partial charge in [-0.05, 0) is 49.4 Å². The Labute approximate surface area is 116 Å². The fourth-order valence-electron chi connectivity index (χ4n) is 2.31. The van der Waals surface area contributed by atoms with E-state index in [1.165, 1.54) is 11.1 Å². The highest BCUT2D eigenvalue weighted by Gasteiger charge is 2.25. The first-order valence-electron chi connectivity index (χ1n) is 6.99. The van der Waals surface area contributed by atoms with Crippen LogP contribution in [0.2, 0.25) is 0 Å². The van der Waals surface area contributed by atoms with Crippen molar-refractivity contribution in [1.29, 1.82) is 0 Å². The predicted octanol–water partition coefficient (Wildman–Crippen LogP) is 3.36. The number of esters is 1. The quantitative estimate of drug-likeness (QED) is 0.600. The van der Waals surface area contributed by atoms with Gasteiger partial charge in [-0.25, -0.2) is 0 Å². The third kappa shape index (κ3) is 3.86. The minimum Gasteiger partial charge on any atom is -0.466 e. The Morgan fingerprint density at radius 2 is 2.16 bits per heavy atom. The summed E-state index contributed by atoms with van der Waals surface area (Å²) in [5.74, 6) is 2.58. The number of ether oxygens (including phenoxy) is 1. The third-order valence-corrected chi connectivity index (χ3v) is 3.22. The molecule has 0 spiro atoms. The second-order valence-corrected chi connectivity index (χ2v) is 4.32. The first kappa shape index (κ1) is 15.3. The van der Waals surface area contributed by atoms with E-state index in [1.807, 2.05) is 32.9 Å². The average Bonchev–Trinajstić information content (AvgIpc) is 2.48. The molecule has 0 saturated carbocycles. The summed E-state index contributed by atoms with van der Waals surface area (Å²) in [6.45, 7) is 6.30. The number of carbonyl (C=O) groups is 1. The topological polar surface area (TPSA) is 26.3 Å². The van der Waals surface area contributed by atoms with Crippen molar-refractivity contribution in [1.82, 2.24) is 0 Å². The van der Waals surface area contributed by atoms with Crippen molar-refractivity contribution in [2.24, 2.45) is 5.92 Å². The van der Waals surface area contributed by atoms with Crippen LogP contribution in [0.1, 0.15) is 43.9 Å². The van der Waals surface area contributed by atoms with Crippen molar-refractivity contribution >= 4 is 5.97 Å². The standard InChI is InChI=1S/C15H16O2.C2H6/c1-3-11-5-6-13-10-14(15(16)17-4-2)8-7-12(13)9-11;1-2/h1,5-6,9,14H,4,7-8,10H2,2H3;1-2H3. The summed E-state index contributed by atoms with van der Waals surface area (Å²) in [6, 6.07) is 6.03. The summed E-state index contributed by atoms with van der Waals surface area (Å²) < 4.78 is 5.07. The first-order valence-corrected chi connectivity index (χ1v) is 6.99. The summed E-state index contributed by atoms with van der Waals surface area (Å²) in [6.07, 6.45) is 7.92. The van der Waals surface area contributed by atoms with Crippen LogP contribution in [-0.4, -0.2) is 12.6 Å². The molecule has 0 aromatic heterocycles. The molecule has 0 amide bonds. The van der Waals surface area contributed by atoms with Gasteiger partial charge in [0.1, 0.15) is 0 Å². The Hall–Kier alpha value is -1.75. The Kier molecular flexibility index (Phi) is 6.15. The largest absolute Gasteiger partial charge is 0.466 e. The number of carbonyl (C=O) groups excluding carboxylic acids is 1. The van der Waals surface area contributed by atoms with Crippen LogP contribution in [0, 0.1) is 18.3 Å². The molecule has 0 bridgehead atoms. The monoisotopic (exact) mass is 258 g/mol. The SMILES string of the molecule is C#Cc1ccc2c(c1)CCC(C(=O)OCC)C2.CC. The fourth-order valence-corrected chi connectivity index (χ4v) is 2.31. The molecule has 0 heterocycles. The molecule has 1 aliphatic carbocycles. The van der Waals surface area contributed by atoms with Crippen LogP contribution in [0.3, 0.4) is 0 Å². The lowest BCUT2D eigenvalue weighted by molar-refractivity contribution is -0.148. The minimum atomic E-state index is -0.0702. The van der Waals surface area contributed by atoms with Gasteiger partial charge in [0.25, 0.3) is 0 Å². The van der Waals surface area contributed by atoms with E-state index < -0.39 is 0 Å². The van der Waals surface area contributed by atoms with Crippen molar-refractivity contribution in [3.8, 4) is 12.3 Å². The summed E-state index contributed by atoms with van der Waals surface area (Å²) in [5, 5.41) is 0. The minimum absolute atomic E-state index is 0.0131. The highest BCUT2D eigenvalue weighted by Crippen LogP contribution is 2.27. The van der Waals surface area contributed by atoms with Crippen LogP contribution in [-0.2, 0) is 22.4 Å². The predicted molar refractivity (Wildman–Crippen MR) is 77.9 cm³/mol. The van der Waals surface area contributed by atoms with Gasteiger partial charge in [0.05, 0.1) is 12.5 Å². The lowest BCUT2D eigenvalue weighted by Gasteiger charge is -2.23. The Bertz CT molecular complexity index is 469. The maximum atomic E-state index is 11.7. The van der Waals surface area contributed by atoms with Crippen molar-refractivity contribution < 1.29 is 9.53 Å². The number of hydrogen-bond donors (Lipinski definition) is 0. The molecule has 19 heavy (non-hydrogen) atoms. The molecule has 2 heteroatoms. The number of fused-ring (bicyclic) bond motifs is 1. The molecule has 1 aromatic carbocycles. The first-order chi connectivity index (χ1) is 9.24. The summed E-state index contributed by atoms with van der Waals surface area (Å²) in [7, 11) is 0. The number of aryl methyl sites for hydroxylation is 1. The third-order valence-electron chi connectivity index (χ3n) is 3.22. The normalized spacial score (nSPS) is 16.4. The molecule has 0 saturated heterocycles. The van der Waals surface area contributed by atoms with E-state index in [-0.39, 0.29) is 11.9 Å². The molecule has 1 atom stereocenters. The zero-order valence-electron chi connectivity index (χ0n) is 12.0. The Balaban J connectivity index is 0.000000861. The highest BCUT2D eigenvalue weighted by molar-refractivity contribution is 5.73. The van der Waals surface area contributed by atoms with Gasteiger partial charge in [-0.2, -0.15) is 0 Å². The van der Waals surface area contributed by atoms with Gasteiger partial charge in [-0.3, -0.25) is 4.79 Å². The number of terminal acetylenes is 1. The lowest BCUT2D eigenvalue weighted by Crippen LogP contribution is -2.24. The molecule has 1 unspecified atom stereocenters. The number of rotatable bonds is 2. The van der Waals surface area contributed by atoms with Crippen LogP contribution < -0.4 is 0 Å². The maximum absolute atomic E-state index is 11.7. The molecular formula is C17H22O2. The molecule has 0 aliphatic heterocycles. The second-order valence-electron chi connectivity index (χ2n) is 4.32. The van der Waals surface area contributed by atoms with E-state index in [0.29, 0.717) is 6.61 Å². The van der Waals surface area contributed by atoms with Gasteiger partial charge in [-0.1, -0.05) is 25.8 Å². The molecular weight excluding hydrogens is 236 g/mol. The summed E-state index contributed by atoms with van der Waals surface area (Å²) in [5.41, 5.74) is 3.42. The smallest absolute Gasteiger partial charge is 0.309 e. The molecule has 0 N–H and O–H groups in total. The Morgan fingerprint density at radius 3 is 2.79 bits per heavy atom. The lowest BCUT2D eigenvalue weighted by atomic mass is 9.83. The van der Waals surface area contributed by atoms with Crippen LogP contribution in [0.15, 0.2) is 18.2 Å². The van der Waals surface area contributed by atoms with E-state index >= 15 is 0 Å². The van der Waals surface area contributed by atoms with Crippen molar-refractivity contribution in [3.63, 3.8) is 0 Å². The van der Waals surface area contributed by atoms with Gasteiger partial charge in [-0.15, -0.1) is 6.42 Å². The molecule has 2 nitrogen and oxygen atoms in total. The van der Waals surface area contributed by atoms with E-state index in [4.69, 9.17) is 11.2 Å². The molecule has 1 aliphatic rings. The van der Waals surface area contributed by atoms with Gasteiger partial charge >= 0.3 is 5.97 Å². The molecule has 102 valence electrons. The van der Waals surface area contributed by atoms with E-state index in [0.717, 1.165) is 24.8 Å². The molecule has 0 radical (unpaired) electrons. The van der Waals surface area contributed by atoms with Crippen LogP contribution >= 0.6 is 0 Å². The summed E-state index contributed by atoms with van der Waals surface area (Å²) in [4.78, 5) is 11.7. The van der Waals surface area contributed by atoms with Crippen molar-refractivity contribution in [2.75, 3.05) is 6.61 Å². The van der Waals surface area contributed by atoms with Gasteiger partial charge < -0.3 is 4.74 Å². The number of hydrogen-bond acceptors (Lipinski definition) is 2. The van der Waals surface area contributed by atoms with E-state index in [9.17, 15) is 4.79 Å². The molecule has 1 aromatic rings. The fraction of sp³-hybridized carbons (Fsp3) is 0.471. The van der Waals surface area contributed by atoms with E-state index in [1.54, 1.807) is 0 Å². The second kappa shape index (κ2) is 7.63. The van der Waals surface area contributed by atoms with E-state index in [2.05, 4.69) is 12.0 Å². The van der Waals surface area contributed by atoms with Crippen molar-refractivity contribution in [3.05, 3.63) is 34.9 Å². The number of benzene rings is 1. The van der Waals surface area contributed by atoms with Gasteiger partial charge in [0.15, 0.2) is 0 Å².